The Balaban J connectivity index is 2.20. The second-order valence-corrected chi connectivity index (χ2v) is 4.25. The first kappa shape index (κ1) is 14.9. The Morgan fingerprint density at radius 3 is 2.50 bits per heavy atom. The molecule has 0 aromatic heterocycles. The van der Waals surface area contributed by atoms with E-state index in [9.17, 15) is 10.2 Å². The van der Waals surface area contributed by atoms with Gasteiger partial charge in [-0.15, -0.1) is 0 Å². The third-order valence-corrected chi connectivity index (χ3v) is 2.62. The fraction of sp³-hybridized carbons (Fsp3) is 0.467. The van der Waals surface area contributed by atoms with Crippen LogP contribution >= 0.6 is 0 Å². The molecule has 0 heterocycles. The number of rotatable bonds is 8. The molecule has 0 saturated heterocycles. The van der Waals surface area contributed by atoms with Crippen molar-refractivity contribution in [1.82, 2.24) is 0 Å². The van der Waals surface area contributed by atoms with Gasteiger partial charge in [-0.05, 0) is 18.4 Å². The number of benzene rings is 1. The summed E-state index contributed by atoms with van der Waals surface area (Å²) in [6.45, 7) is 2.63. The quantitative estimate of drug-likeness (QED) is 0.696. The van der Waals surface area contributed by atoms with Gasteiger partial charge in [-0.3, -0.25) is 0 Å². The van der Waals surface area contributed by atoms with E-state index in [-0.39, 0.29) is 6.61 Å². The molecular weight excluding hydrogens is 228 g/mol. The van der Waals surface area contributed by atoms with Crippen LogP contribution in [0.4, 0.5) is 0 Å². The summed E-state index contributed by atoms with van der Waals surface area (Å²) in [5.74, 6) is 0. The van der Waals surface area contributed by atoms with Crippen molar-refractivity contribution in [3.63, 3.8) is 0 Å². The maximum Gasteiger partial charge on any atom is 0.103 e. The molecule has 0 aliphatic carbocycles. The minimum absolute atomic E-state index is 0.149. The highest BCUT2D eigenvalue weighted by molar-refractivity contribution is 5.13. The smallest absolute Gasteiger partial charge is 0.103 e. The fourth-order valence-electron chi connectivity index (χ4n) is 1.54. The monoisotopic (exact) mass is 250 g/mol. The maximum absolute atomic E-state index is 9.69. The van der Waals surface area contributed by atoms with E-state index in [0.717, 1.165) is 12.0 Å². The SMILES string of the molecule is CC/C=C\C[C@H](O)[C@@H](O)COCc1ccccc1. The molecule has 3 heteroatoms. The molecule has 18 heavy (non-hydrogen) atoms. The van der Waals surface area contributed by atoms with Crippen molar-refractivity contribution in [2.24, 2.45) is 0 Å². The normalized spacial score (nSPS) is 14.8. The van der Waals surface area contributed by atoms with Crippen molar-refractivity contribution in [3.05, 3.63) is 48.0 Å². The maximum atomic E-state index is 9.69. The minimum Gasteiger partial charge on any atom is -0.390 e. The van der Waals surface area contributed by atoms with E-state index in [2.05, 4.69) is 0 Å². The minimum atomic E-state index is -0.838. The van der Waals surface area contributed by atoms with Crippen molar-refractivity contribution in [1.29, 1.82) is 0 Å². The molecular formula is C15H22O3. The zero-order valence-electron chi connectivity index (χ0n) is 10.8. The van der Waals surface area contributed by atoms with Gasteiger partial charge in [-0.1, -0.05) is 49.4 Å². The van der Waals surface area contributed by atoms with Gasteiger partial charge in [0.1, 0.15) is 6.10 Å². The largest absolute Gasteiger partial charge is 0.390 e. The third kappa shape index (κ3) is 5.96. The van der Waals surface area contributed by atoms with E-state index < -0.39 is 12.2 Å². The molecule has 2 atom stereocenters. The predicted octanol–water partition coefficient (Wildman–Crippen LogP) is 2.28. The summed E-state index contributed by atoms with van der Waals surface area (Å²) in [5.41, 5.74) is 1.06. The second-order valence-electron chi connectivity index (χ2n) is 4.25. The summed E-state index contributed by atoms with van der Waals surface area (Å²) < 4.78 is 5.37. The Hall–Kier alpha value is -1.16. The third-order valence-electron chi connectivity index (χ3n) is 2.62. The van der Waals surface area contributed by atoms with Crippen LogP contribution in [0.5, 0.6) is 0 Å². The van der Waals surface area contributed by atoms with Crippen molar-refractivity contribution in [2.45, 2.75) is 38.6 Å². The van der Waals surface area contributed by atoms with Crippen LogP contribution < -0.4 is 0 Å². The molecule has 1 aromatic rings. The van der Waals surface area contributed by atoms with E-state index in [1.807, 2.05) is 49.4 Å². The van der Waals surface area contributed by atoms with Crippen LogP contribution in [0.2, 0.25) is 0 Å². The lowest BCUT2D eigenvalue weighted by Gasteiger charge is -2.16. The molecule has 0 aliphatic heterocycles. The van der Waals surface area contributed by atoms with E-state index in [1.165, 1.54) is 0 Å². The van der Waals surface area contributed by atoms with Gasteiger partial charge in [0.05, 0.1) is 19.3 Å². The number of hydrogen-bond donors (Lipinski definition) is 2. The van der Waals surface area contributed by atoms with Gasteiger partial charge in [0, 0.05) is 0 Å². The number of ether oxygens (including phenoxy) is 1. The van der Waals surface area contributed by atoms with Gasteiger partial charge in [0.2, 0.25) is 0 Å². The summed E-state index contributed by atoms with van der Waals surface area (Å²) >= 11 is 0. The van der Waals surface area contributed by atoms with Crippen LogP contribution in [-0.2, 0) is 11.3 Å². The van der Waals surface area contributed by atoms with Gasteiger partial charge in [-0.25, -0.2) is 0 Å². The summed E-state index contributed by atoms with van der Waals surface area (Å²) in [4.78, 5) is 0. The first-order chi connectivity index (χ1) is 8.74. The van der Waals surface area contributed by atoms with Crippen LogP contribution in [0.1, 0.15) is 25.3 Å². The molecule has 1 aromatic carbocycles. The van der Waals surface area contributed by atoms with Crippen LogP contribution in [0, 0.1) is 0 Å². The molecule has 3 nitrogen and oxygen atoms in total. The lowest BCUT2D eigenvalue weighted by atomic mass is 10.1. The van der Waals surface area contributed by atoms with Crippen LogP contribution in [0.25, 0.3) is 0 Å². The molecule has 0 spiro atoms. The molecule has 2 N–H and O–H groups in total. The van der Waals surface area contributed by atoms with Gasteiger partial charge in [-0.2, -0.15) is 0 Å². The molecule has 0 aliphatic rings. The number of aliphatic hydroxyl groups is 2. The Labute approximate surface area is 109 Å². The number of aliphatic hydroxyl groups excluding tert-OH is 2. The molecule has 0 saturated carbocycles. The highest BCUT2D eigenvalue weighted by atomic mass is 16.5. The van der Waals surface area contributed by atoms with Gasteiger partial charge in [0.25, 0.3) is 0 Å². The van der Waals surface area contributed by atoms with Crippen LogP contribution in [-0.4, -0.2) is 29.0 Å². The van der Waals surface area contributed by atoms with Crippen molar-refractivity contribution >= 4 is 0 Å². The molecule has 0 unspecified atom stereocenters. The van der Waals surface area contributed by atoms with E-state index in [4.69, 9.17) is 4.74 Å². The zero-order chi connectivity index (χ0) is 13.2. The second kappa shape index (κ2) is 8.86. The lowest BCUT2D eigenvalue weighted by molar-refractivity contribution is -0.0406. The first-order valence-electron chi connectivity index (χ1n) is 6.36. The molecule has 0 bridgehead atoms. The topological polar surface area (TPSA) is 49.7 Å². The Bertz CT molecular complexity index is 335. The summed E-state index contributed by atoms with van der Waals surface area (Å²) in [6, 6.07) is 9.76. The average Bonchev–Trinajstić information content (AvgIpc) is 2.40. The average molecular weight is 250 g/mol. The van der Waals surface area contributed by atoms with Gasteiger partial charge in [0.15, 0.2) is 0 Å². The number of hydrogen-bond acceptors (Lipinski definition) is 3. The lowest BCUT2D eigenvalue weighted by Crippen LogP contribution is -2.30. The van der Waals surface area contributed by atoms with Crippen molar-refractivity contribution in [2.75, 3.05) is 6.61 Å². The highest BCUT2D eigenvalue weighted by Gasteiger charge is 2.14. The standard InChI is InChI=1S/C15H22O3/c1-2-3-5-10-14(16)15(17)12-18-11-13-8-6-4-7-9-13/h3-9,14-17H,2,10-12H2,1H3/b5-3-/t14-,15-/m0/s1. The Morgan fingerprint density at radius 1 is 1.11 bits per heavy atom. The van der Waals surface area contributed by atoms with Crippen LogP contribution in [0.3, 0.4) is 0 Å². The molecule has 0 radical (unpaired) electrons. The van der Waals surface area contributed by atoms with E-state index in [0.29, 0.717) is 13.0 Å². The van der Waals surface area contributed by atoms with Crippen LogP contribution in [0.15, 0.2) is 42.5 Å². The number of allylic oxidation sites excluding steroid dienone is 1. The van der Waals surface area contributed by atoms with E-state index in [1.54, 1.807) is 0 Å². The summed E-state index contributed by atoms with van der Waals surface area (Å²) in [6.07, 6.45) is 3.65. The van der Waals surface area contributed by atoms with E-state index >= 15 is 0 Å². The van der Waals surface area contributed by atoms with Gasteiger partial charge >= 0.3 is 0 Å². The summed E-state index contributed by atoms with van der Waals surface area (Å²) in [5, 5.41) is 19.3. The fourth-order valence-corrected chi connectivity index (χ4v) is 1.54. The summed E-state index contributed by atoms with van der Waals surface area (Å²) in [7, 11) is 0. The predicted molar refractivity (Wildman–Crippen MR) is 72.2 cm³/mol. The highest BCUT2D eigenvalue weighted by Crippen LogP contribution is 2.05. The molecule has 0 amide bonds. The van der Waals surface area contributed by atoms with Crippen molar-refractivity contribution < 1.29 is 14.9 Å². The van der Waals surface area contributed by atoms with Gasteiger partial charge < -0.3 is 14.9 Å². The Morgan fingerprint density at radius 2 is 1.83 bits per heavy atom. The first-order valence-corrected chi connectivity index (χ1v) is 6.36. The zero-order valence-corrected chi connectivity index (χ0v) is 10.8. The molecule has 1 rings (SSSR count). The van der Waals surface area contributed by atoms with Crippen molar-refractivity contribution in [3.8, 4) is 0 Å². The molecule has 100 valence electrons. The molecule has 0 fully saturated rings. The Kier molecular flexibility index (Phi) is 7.34.